The highest BCUT2D eigenvalue weighted by Crippen LogP contribution is 2.44. The Labute approximate surface area is 90.0 Å². The lowest BCUT2D eigenvalue weighted by atomic mass is 10.1. The van der Waals surface area contributed by atoms with Gasteiger partial charge in [-0.3, -0.25) is 0 Å². The van der Waals surface area contributed by atoms with E-state index in [-0.39, 0.29) is 12.5 Å². The lowest BCUT2D eigenvalue weighted by Gasteiger charge is -2.09. The van der Waals surface area contributed by atoms with Crippen LogP contribution in [-0.4, -0.2) is 18.9 Å². The third-order valence-electron chi connectivity index (χ3n) is 2.04. The summed E-state index contributed by atoms with van der Waals surface area (Å²) in [6.07, 6.45) is 0. The normalized spacial score (nSPS) is 13.3. The van der Waals surface area contributed by atoms with E-state index in [0.29, 0.717) is 22.5 Å². The van der Waals surface area contributed by atoms with Gasteiger partial charge in [-0.25, -0.2) is 0 Å². The third-order valence-corrected chi connectivity index (χ3v) is 2.64. The Hall–Kier alpha value is -0.940. The molecule has 2 rings (SSSR count). The molecule has 1 aliphatic rings. The van der Waals surface area contributed by atoms with Gasteiger partial charge in [-0.1, -0.05) is 0 Å². The number of rotatable bonds is 2. The molecule has 1 aliphatic heterocycles. The highest BCUT2D eigenvalue weighted by Gasteiger charge is 2.22. The molecule has 0 aliphatic carbocycles. The molecule has 0 unspecified atom stereocenters. The van der Waals surface area contributed by atoms with Gasteiger partial charge in [0.25, 0.3) is 0 Å². The van der Waals surface area contributed by atoms with Crippen LogP contribution in [0.1, 0.15) is 5.56 Å². The number of halogens is 1. The molecule has 0 fully saturated rings. The fraction of sp³-hybridized carbons (Fsp3) is 0.333. The molecule has 0 amide bonds. The van der Waals surface area contributed by atoms with Crippen LogP contribution in [0.4, 0.5) is 0 Å². The molecule has 76 valence electrons. The summed E-state index contributed by atoms with van der Waals surface area (Å²) in [5.74, 6) is 1.49. The molecule has 4 nitrogen and oxygen atoms in total. The summed E-state index contributed by atoms with van der Waals surface area (Å²) in [5.41, 5.74) is 0.717. The molecule has 14 heavy (non-hydrogen) atoms. The smallest absolute Gasteiger partial charge is 0.231 e. The molecule has 5 heteroatoms. The summed E-state index contributed by atoms with van der Waals surface area (Å²) in [7, 11) is 1.81. The van der Waals surface area contributed by atoms with E-state index in [4.69, 9.17) is 9.47 Å². The second-order valence-electron chi connectivity index (χ2n) is 2.95. The number of phenolic OH excluding ortho intramolecular Hbond substituents is 1. The molecule has 2 N–H and O–H groups in total. The average molecular weight is 260 g/mol. The maximum atomic E-state index is 9.77. The first-order valence-corrected chi connectivity index (χ1v) is 4.98. The van der Waals surface area contributed by atoms with Gasteiger partial charge in [0.2, 0.25) is 6.79 Å². The van der Waals surface area contributed by atoms with Crippen molar-refractivity contribution in [1.82, 2.24) is 5.32 Å². The van der Waals surface area contributed by atoms with Gasteiger partial charge in [0, 0.05) is 12.6 Å². The molecule has 1 heterocycles. The Bertz CT molecular complexity index is 368. The van der Waals surface area contributed by atoms with Crippen molar-refractivity contribution >= 4 is 15.9 Å². The van der Waals surface area contributed by atoms with Gasteiger partial charge >= 0.3 is 0 Å². The van der Waals surface area contributed by atoms with Gasteiger partial charge in [-0.15, -0.1) is 0 Å². The quantitative estimate of drug-likeness (QED) is 0.848. The van der Waals surface area contributed by atoms with Crippen LogP contribution in [0.15, 0.2) is 10.5 Å². The first kappa shape index (κ1) is 9.61. The summed E-state index contributed by atoms with van der Waals surface area (Å²) in [5, 5.41) is 12.7. The molecule has 0 atom stereocenters. The Morgan fingerprint density at radius 3 is 3.07 bits per heavy atom. The van der Waals surface area contributed by atoms with Crippen LogP contribution in [-0.2, 0) is 6.54 Å². The Kier molecular flexibility index (Phi) is 2.52. The van der Waals surface area contributed by atoms with Gasteiger partial charge < -0.3 is 19.9 Å². The number of phenols is 1. The number of nitrogens with one attached hydrogen (secondary N) is 1. The molecule has 0 radical (unpaired) electrons. The van der Waals surface area contributed by atoms with Gasteiger partial charge in [-0.05, 0) is 23.0 Å². The van der Waals surface area contributed by atoms with Crippen LogP contribution in [0.3, 0.4) is 0 Å². The lowest BCUT2D eigenvalue weighted by Crippen LogP contribution is -2.06. The Morgan fingerprint density at radius 2 is 2.36 bits per heavy atom. The van der Waals surface area contributed by atoms with E-state index in [1.807, 2.05) is 7.05 Å². The zero-order valence-electron chi connectivity index (χ0n) is 7.63. The zero-order chi connectivity index (χ0) is 10.1. The number of hydrogen-bond acceptors (Lipinski definition) is 4. The summed E-state index contributed by atoms with van der Waals surface area (Å²) in [6.45, 7) is 0.749. The van der Waals surface area contributed by atoms with Crippen molar-refractivity contribution in [2.45, 2.75) is 6.54 Å². The molecule has 1 aromatic rings. The van der Waals surface area contributed by atoms with Crippen LogP contribution in [0.25, 0.3) is 0 Å². The highest BCUT2D eigenvalue weighted by molar-refractivity contribution is 9.10. The van der Waals surface area contributed by atoms with Crippen LogP contribution in [0, 0.1) is 0 Å². The van der Waals surface area contributed by atoms with E-state index in [0.717, 1.165) is 5.56 Å². The van der Waals surface area contributed by atoms with Crippen molar-refractivity contribution < 1.29 is 14.6 Å². The lowest BCUT2D eigenvalue weighted by molar-refractivity contribution is 0.173. The number of aromatic hydroxyl groups is 1. The van der Waals surface area contributed by atoms with E-state index >= 15 is 0 Å². The van der Waals surface area contributed by atoms with Crippen LogP contribution >= 0.6 is 15.9 Å². The van der Waals surface area contributed by atoms with Crippen LogP contribution in [0.2, 0.25) is 0 Å². The summed E-state index contributed by atoms with van der Waals surface area (Å²) in [4.78, 5) is 0. The number of hydrogen-bond donors (Lipinski definition) is 2. The maximum absolute atomic E-state index is 9.77. The molecule has 0 saturated carbocycles. The van der Waals surface area contributed by atoms with E-state index in [1.54, 1.807) is 6.07 Å². The minimum Gasteiger partial charge on any atom is -0.506 e. The average Bonchev–Trinajstić information content (AvgIpc) is 2.60. The second kappa shape index (κ2) is 3.67. The standard InChI is InChI=1S/C9H10BrNO3/c1-11-3-5-8(12)6(10)2-7-9(5)14-4-13-7/h2,11-12H,3-4H2,1H3. The molecule has 0 bridgehead atoms. The van der Waals surface area contributed by atoms with Crippen LogP contribution in [0.5, 0.6) is 17.2 Å². The maximum Gasteiger partial charge on any atom is 0.231 e. The van der Waals surface area contributed by atoms with Crippen molar-refractivity contribution in [2.24, 2.45) is 0 Å². The highest BCUT2D eigenvalue weighted by atomic mass is 79.9. The minimum absolute atomic E-state index is 0.198. The fourth-order valence-electron chi connectivity index (χ4n) is 1.41. The van der Waals surface area contributed by atoms with E-state index in [2.05, 4.69) is 21.2 Å². The molecule has 0 aromatic heterocycles. The summed E-state index contributed by atoms with van der Waals surface area (Å²) < 4.78 is 11.1. The zero-order valence-corrected chi connectivity index (χ0v) is 9.22. The van der Waals surface area contributed by atoms with E-state index < -0.39 is 0 Å². The topological polar surface area (TPSA) is 50.7 Å². The first-order valence-electron chi connectivity index (χ1n) is 4.18. The predicted molar refractivity (Wildman–Crippen MR) is 54.7 cm³/mol. The largest absolute Gasteiger partial charge is 0.506 e. The molecular formula is C9H10BrNO3. The predicted octanol–water partition coefficient (Wildman–Crippen LogP) is 1.60. The van der Waals surface area contributed by atoms with Gasteiger partial charge in [0.1, 0.15) is 5.75 Å². The van der Waals surface area contributed by atoms with E-state index in [1.165, 1.54) is 0 Å². The van der Waals surface area contributed by atoms with Crippen molar-refractivity contribution in [1.29, 1.82) is 0 Å². The first-order chi connectivity index (χ1) is 6.74. The van der Waals surface area contributed by atoms with Gasteiger partial charge in [0.05, 0.1) is 10.0 Å². The van der Waals surface area contributed by atoms with Crippen molar-refractivity contribution in [2.75, 3.05) is 13.8 Å². The summed E-state index contributed by atoms with van der Waals surface area (Å²) >= 11 is 3.26. The van der Waals surface area contributed by atoms with Gasteiger partial charge in [0.15, 0.2) is 11.5 Å². The number of ether oxygens (including phenoxy) is 2. The van der Waals surface area contributed by atoms with E-state index in [9.17, 15) is 5.11 Å². The number of fused-ring (bicyclic) bond motifs is 1. The number of benzene rings is 1. The third kappa shape index (κ3) is 1.42. The monoisotopic (exact) mass is 259 g/mol. The van der Waals surface area contributed by atoms with Crippen LogP contribution < -0.4 is 14.8 Å². The second-order valence-corrected chi connectivity index (χ2v) is 3.80. The van der Waals surface area contributed by atoms with Crippen molar-refractivity contribution in [3.63, 3.8) is 0 Å². The fourth-order valence-corrected chi connectivity index (χ4v) is 1.85. The Morgan fingerprint density at radius 1 is 1.57 bits per heavy atom. The molecule has 0 saturated heterocycles. The molecule has 0 spiro atoms. The molecule has 1 aromatic carbocycles. The van der Waals surface area contributed by atoms with Crippen molar-refractivity contribution in [3.8, 4) is 17.2 Å². The molecular weight excluding hydrogens is 250 g/mol. The summed E-state index contributed by atoms with van der Waals surface area (Å²) in [6, 6.07) is 1.71. The Balaban J connectivity index is 2.54. The minimum atomic E-state index is 0.198. The van der Waals surface area contributed by atoms with Crippen molar-refractivity contribution in [3.05, 3.63) is 16.1 Å². The van der Waals surface area contributed by atoms with Gasteiger partial charge in [-0.2, -0.15) is 0 Å². The SMILES string of the molecule is CNCc1c(O)c(Br)cc2c1OCO2.